The lowest BCUT2D eigenvalue weighted by Crippen LogP contribution is -2.16. The van der Waals surface area contributed by atoms with Gasteiger partial charge in [-0.3, -0.25) is 0 Å². The molecule has 0 bridgehead atoms. The van der Waals surface area contributed by atoms with E-state index >= 15 is 0 Å². The number of hydrogen-bond acceptors (Lipinski definition) is 5. The summed E-state index contributed by atoms with van der Waals surface area (Å²) in [5, 5.41) is 14.7. The average molecular weight is 349 g/mol. The zero-order chi connectivity index (χ0) is 19.3. The molecule has 0 spiro atoms. The van der Waals surface area contributed by atoms with E-state index in [2.05, 4.69) is 17.2 Å². The number of aryl methyl sites for hydroxylation is 1. The first-order valence-corrected chi connectivity index (χ1v) is 8.40. The first-order valence-electron chi connectivity index (χ1n) is 8.40. The average Bonchev–Trinajstić information content (AvgIpc) is 2.60. The molecule has 0 fully saturated rings. The molecular formula is C21H27N5. The van der Waals surface area contributed by atoms with Crippen LogP contribution in [0.15, 0.2) is 54.9 Å². The number of hydrogen-bond donors (Lipinski definition) is 4. The first-order chi connectivity index (χ1) is 12.3. The van der Waals surface area contributed by atoms with Crippen molar-refractivity contribution in [3.8, 4) is 0 Å². The van der Waals surface area contributed by atoms with Gasteiger partial charge in [0.15, 0.2) is 0 Å². The molecule has 0 heterocycles. The van der Waals surface area contributed by atoms with Crippen LogP contribution >= 0.6 is 0 Å². The number of nitrogens with zero attached hydrogens (tertiary/aromatic N) is 1. The van der Waals surface area contributed by atoms with Crippen LogP contribution < -0.4 is 16.4 Å². The van der Waals surface area contributed by atoms with Gasteiger partial charge >= 0.3 is 0 Å². The van der Waals surface area contributed by atoms with Gasteiger partial charge in [0.05, 0.1) is 11.5 Å². The number of nitrogen functional groups attached to an aromatic ring is 1. The van der Waals surface area contributed by atoms with Crippen molar-refractivity contribution in [2.45, 2.75) is 6.92 Å². The molecule has 2 aromatic carbocycles. The van der Waals surface area contributed by atoms with Crippen molar-refractivity contribution in [2.24, 2.45) is 0 Å². The van der Waals surface area contributed by atoms with Crippen LogP contribution in [0.2, 0.25) is 0 Å². The number of anilines is 3. The van der Waals surface area contributed by atoms with Crippen LogP contribution in [-0.4, -0.2) is 31.8 Å². The Morgan fingerprint density at radius 2 is 1.96 bits per heavy atom. The molecular weight excluding hydrogens is 322 g/mol. The Kier molecular flexibility index (Phi) is 6.07. The van der Waals surface area contributed by atoms with E-state index in [-0.39, 0.29) is 0 Å². The zero-order valence-electron chi connectivity index (χ0n) is 15.9. The van der Waals surface area contributed by atoms with Crippen molar-refractivity contribution >= 4 is 28.8 Å². The number of nitrogens with one attached hydrogen (secondary N) is 3. The van der Waals surface area contributed by atoms with E-state index in [1.165, 1.54) is 0 Å². The van der Waals surface area contributed by atoms with Gasteiger partial charge in [-0.05, 0) is 48.4 Å². The highest BCUT2D eigenvalue weighted by Crippen LogP contribution is 2.23. The van der Waals surface area contributed by atoms with Crippen LogP contribution in [-0.2, 0) is 0 Å². The second-order valence-electron chi connectivity index (χ2n) is 6.34. The summed E-state index contributed by atoms with van der Waals surface area (Å²) >= 11 is 0. The van der Waals surface area contributed by atoms with E-state index in [9.17, 15) is 0 Å². The third kappa shape index (κ3) is 4.66. The van der Waals surface area contributed by atoms with Crippen molar-refractivity contribution in [3.63, 3.8) is 0 Å². The van der Waals surface area contributed by atoms with E-state index in [4.69, 9.17) is 11.1 Å². The summed E-state index contributed by atoms with van der Waals surface area (Å²) in [6.07, 6.45) is 3.67. The lowest BCUT2D eigenvalue weighted by atomic mass is 10.0. The standard InChI is InChI=1S/C21H27N5/c1-14-11-20(23)18(13-21(14)24-3)19(22)10-9-16-7-6-8-17(12-16)25-15(2)26(4)5/h6-13,22,24-25H,2,23H2,1,3-5H3/b10-9+,22-19?. The van der Waals surface area contributed by atoms with Gasteiger partial charge in [-0.1, -0.05) is 24.8 Å². The minimum Gasteiger partial charge on any atom is -0.398 e. The summed E-state index contributed by atoms with van der Waals surface area (Å²) in [7, 11) is 5.74. The molecule has 0 aromatic heterocycles. The van der Waals surface area contributed by atoms with Crippen molar-refractivity contribution in [1.82, 2.24) is 4.90 Å². The minimum absolute atomic E-state index is 0.370. The molecule has 5 N–H and O–H groups in total. The third-order valence-corrected chi connectivity index (χ3v) is 4.11. The highest BCUT2D eigenvalue weighted by atomic mass is 15.2. The van der Waals surface area contributed by atoms with Crippen LogP contribution in [0.4, 0.5) is 17.1 Å². The fourth-order valence-corrected chi connectivity index (χ4v) is 2.50. The molecule has 136 valence electrons. The molecule has 0 radical (unpaired) electrons. The molecule has 0 unspecified atom stereocenters. The molecule has 0 aliphatic carbocycles. The van der Waals surface area contributed by atoms with E-state index < -0.39 is 0 Å². The summed E-state index contributed by atoms with van der Waals surface area (Å²) in [6.45, 7) is 5.96. The van der Waals surface area contributed by atoms with Gasteiger partial charge < -0.3 is 26.7 Å². The van der Waals surface area contributed by atoms with Crippen LogP contribution in [0.5, 0.6) is 0 Å². The van der Waals surface area contributed by atoms with Gasteiger partial charge in [0, 0.05) is 43.8 Å². The SMILES string of the molecule is C=C(Nc1cccc(/C=C/C(=N)c2cc(NC)c(C)cc2N)c1)N(C)C. The molecule has 2 rings (SSSR count). The highest BCUT2D eigenvalue weighted by molar-refractivity contribution is 6.12. The van der Waals surface area contributed by atoms with Gasteiger partial charge in [0.2, 0.25) is 0 Å². The molecule has 26 heavy (non-hydrogen) atoms. The quantitative estimate of drug-likeness (QED) is 0.447. The molecule has 5 nitrogen and oxygen atoms in total. The molecule has 0 saturated heterocycles. The molecule has 0 atom stereocenters. The van der Waals surface area contributed by atoms with Crippen LogP contribution in [0.3, 0.4) is 0 Å². The Balaban J connectivity index is 2.19. The predicted molar refractivity (Wildman–Crippen MR) is 114 cm³/mol. The topological polar surface area (TPSA) is 77.2 Å². The van der Waals surface area contributed by atoms with Crippen molar-refractivity contribution in [1.29, 1.82) is 5.41 Å². The molecule has 2 aromatic rings. The Bertz CT molecular complexity index is 849. The smallest absolute Gasteiger partial charge is 0.0978 e. The Morgan fingerprint density at radius 1 is 1.23 bits per heavy atom. The normalized spacial score (nSPS) is 10.6. The van der Waals surface area contributed by atoms with Gasteiger partial charge in [-0.15, -0.1) is 0 Å². The van der Waals surface area contributed by atoms with Gasteiger partial charge in [-0.25, -0.2) is 0 Å². The van der Waals surface area contributed by atoms with Crippen molar-refractivity contribution in [2.75, 3.05) is 37.5 Å². The Morgan fingerprint density at radius 3 is 2.62 bits per heavy atom. The molecule has 0 amide bonds. The zero-order valence-corrected chi connectivity index (χ0v) is 15.9. The van der Waals surface area contributed by atoms with Gasteiger partial charge in [-0.2, -0.15) is 0 Å². The van der Waals surface area contributed by atoms with E-state index in [0.717, 1.165) is 28.3 Å². The van der Waals surface area contributed by atoms with Gasteiger partial charge in [0.1, 0.15) is 0 Å². The predicted octanol–water partition coefficient (Wildman–Crippen LogP) is 4.14. The maximum atomic E-state index is 8.35. The number of allylic oxidation sites excluding steroid dienone is 1. The fourth-order valence-electron chi connectivity index (χ4n) is 2.50. The van der Waals surface area contributed by atoms with Gasteiger partial charge in [0.25, 0.3) is 0 Å². The van der Waals surface area contributed by atoms with Crippen molar-refractivity contribution in [3.05, 3.63) is 71.6 Å². The molecule has 0 aliphatic rings. The summed E-state index contributed by atoms with van der Waals surface area (Å²) in [6, 6.07) is 11.8. The maximum Gasteiger partial charge on any atom is 0.0978 e. The minimum atomic E-state index is 0.370. The molecule has 5 heteroatoms. The molecule has 0 saturated carbocycles. The van der Waals surface area contributed by atoms with Crippen LogP contribution in [0, 0.1) is 12.3 Å². The first kappa shape index (κ1) is 19.1. The van der Waals surface area contributed by atoms with E-state index in [1.807, 2.05) is 75.4 Å². The number of nitrogens with two attached hydrogens (primary N) is 1. The number of benzene rings is 2. The largest absolute Gasteiger partial charge is 0.398 e. The van der Waals surface area contributed by atoms with Crippen LogP contribution in [0.25, 0.3) is 6.08 Å². The second-order valence-corrected chi connectivity index (χ2v) is 6.34. The lowest BCUT2D eigenvalue weighted by molar-refractivity contribution is 0.521. The summed E-state index contributed by atoms with van der Waals surface area (Å²) in [4.78, 5) is 1.91. The van der Waals surface area contributed by atoms with E-state index in [1.54, 1.807) is 6.08 Å². The van der Waals surface area contributed by atoms with E-state index in [0.29, 0.717) is 17.0 Å². The lowest BCUT2D eigenvalue weighted by Gasteiger charge is -2.17. The van der Waals surface area contributed by atoms with Crippen LogP contribution in [0.1, 0.15) is 16.7 Å². The monoisotopic (exact) mass is 349 g/mol. The number of rotatable bonds is 7. The van der Waals surface area contributed by atoms with Crippen molar-refractivity contribution < 1.29 is 0 Å². The summed E-state index contributed by atoms with van der Waals surface area (Å²) < 4.78 is 0. The maximum absolute atomic E-state index is 8.35. The Hall–Kier alpha value is -3.21. The Labute approximate surface area is 155 Å². The third-order valence-electron chi connectivity index (χ3n) is 4.11. The highest BCUT2D eigenvalue weighted by Gasteiger charge is 2.07. The fraction of sp³-hybridized carbons (Fsp3) is 0.190. The second kappa shape index (κ2) is 8.25. The summed E-state index contributed by atoms with van der Waals surface area (Å²) in [5.74, 6) is 0.811. The summed E-state index contributed by atoms with van der Waals surface area (Å²) in [5.41, 5.74) is 11.8. The molecule has 0 aliphatic heterocycles.